The molecule has 124 valence electrons. The van der Waals surface area contributed by atoms with Gasteiger partial charge in [0, 0.05) is 29.1 Å². The van der Waals surface area contributed by atoms with Crippen LogP contribution in [0.3, 0.4) is 0 Å². The van der Waals surface area contributed by atoms with E-state index in [1.165, 1.54) is 0 Å². The van der Waals surface area contributed by atoms with Crippen LogP contribution >= 0.6 is 0 Å². The average Bonchev–Trinajstić information content (AvgIpc) is 3.08. The van der Waals surface area contributed by atoms with Crippen LogP contribution in [0.5, 0.6) is 5.75 Å². The number of anilines is 1. The lowest BCUT2D eigenvalue weighted by Gasteiger charge is -2.11. The quantitative estimate of drug-likeness (QED) is 0.667. The highest BCUT2D eigenvalue weighted by Crippen LogP contribution is 2.35. The van der Waals surface area contributed by atoms with Crippen molar-refractivity contribution in [3.05, 3.63) is 36.3 Å². The van der Waals surface area contributed by atoms with E-state index in [1.54, 1.807) is 19.5 Å². The van der Waals surface area contributed by atoms with Crippen molar-refractivity contribution in [2.45, 2.75) is 13.3 Å². The second-order valence-corrected chi connectivity index (χ2v) is 5.36. The summed E-state index contributed by atoms with van der Waals surface area (Å²) in [6.07, 6.45) is 4.11. The molecule has 7 heteroatoms. The summed E-state index contributed by atoms with van der Waals surface area (Å²) in [5.74, 6) is 0.367. The molecule has 1 amide bonds. The molecule has 0 saturated carbocycles. The van der Waals surface area contributed by atoms with E-state index in [0.29, 0.717) is 18.0 Å². The van der Waals surface area contributed by atoms with Crippen LogP contribution in [0.1, 0.15) is 23.8 Å². The number of fused-ring (bicyclic) bond motifs is 1. The fraction of sp³-hybridized carbons (Fsp3) is 0.235. The number of nitrogens with one attached hydrogen (secondary N) is 2. The molecule has 0 unspecified atom stereocenters. The maximum Gasteiger partial charge on any atom is 0.272 e. The number of hydrogen-bond donors (Lipinski definition) is 3. The molecule has 4 N–H and O–H groups in total. The molecule has 0 spiro atoms. The highest BCUT2D eigenvalue weighted by atomic mass is 16.5. The zero-order valence-electron chi connectivity index (χ0n) is 13.6. The van der Waals surface area contributed by atoms with Gasteiger partial charge in [0.05, 0.1) is 19.0 Å². The standard InChI is InChI=1S/C17H19N5O2/c1-3-7-19-17(23)16-14(18)10-5-4-6-11(12(10)8-20-16)15-13(24-2)9-21-22-15/h4-6,8-9H,3,7,18H2,1-2H3,(H,19,23)(H,21,22). The van der Waals surface area contributed by atoms with Gasteiger partial charge >= 0.3 is 0 Å². The SMILES string of the molecule is CCCNC(=O)c1ncc2c(-c3[nH]ncc3OC)cccc2c1N. The fourth-order valence-corrected chi connectivity index (χ4v) is 2.61. The normalized spacial score (nSPS) is 10.8. The van der Waals surface area contributed by atoms with E-state index in [1.807, 2.05) is 25.1 Å². The third-order valence-corrected chi connectivity index (χ3v) is 3.82. The van der Waals surface area contributed by atoms with E-state index in [4.69, 9.17) is 10.5 Å². The molecule has 2 aromatic heterocycles. The molecule has 3 rings (SSSR count). The van der Waals surface area contributed by atoms with Crippen molar-refractivity contribution in [3.8, 4) is 17.0 Å². The number of H-pyrrole nitrogens is 1. The Balaban J connectivity index is 2.13. The first-order valence-electron chi connectivity index (χ1n) is 7.70. The maximum absolute atomic E-state index is 12.2. The van der Waals surface area contributed by atoms with Gasteiger partial charge in [-0.25, -0.2) is 4.98 Å². The first-order chi connectivity index (χ1) is 11.7. The van der Waals surface area contributed by atoms with Gasteiger partial charge in [0.1, 0.15) is 5.69 Å². The zero-order chi connectivity index (χ0) is 17.1. The number of nitrogens with zero attached hydrogens (tertiary/aromatic N) is 2. The van der Waals surface area contributed by atoms with Crippen molar-refractivity contribution < 1.29 is 9.53 Å². The number of pyridine rings is 1. The number of aromatic nitrogens is 3. The van der Waals surface area contributed by atoms with Gasteiger partial charge in [0.15, 0.2) is 11.4 Å². The number of carbonyl (C=O) groups excluding carboxylic acids is 1. The Labute approximate surface area is 139 Å². The number of methoxy groups -OCH3 is 1. The van der Waals surface area contributed by atoms with Crippen LogP contribution in [0.2, 0.25) is 0 Å². The van der Waals surface area contributed by atoms with Gasteiger partial charge in [-0.05, 0) is 6.42 Å². The first-order valence-corrected chi connectivity index (χ1v) is 7.70. The van der Waals surface area contributed by atoms with Gasteiger partial charge in [0.25, 0.3) is 5.91 Å². The van der Waals surface area contributed by atoms with Gasteiger partial charge in [-0.2, -0.15) is 5.10 Å². The molecule has 0 radical (unpaired) electrons. The van der Waals surface area contributed by atoms with E-state index in [9.17, 15) is 4.79 Å². The third-order valence-electron chi connectivity index (χ3n) is 3.82. The zero-order valence-corrected chi connectivity index (χ0v) is 13.6. The van der Waals surface area contributed by atoms with Crippen molar-refractivity contribution in [2.75, 3.05) is 19.4 Å². The molecule has 1 aromatic carbocycles. The van der Waals surface area contributed by atoms with E-state index in [2.05, 4.69) is 20.5 Å². The van der Waals surface area contributed by atoms with E-state index in [0.717, 1.165) is 28.5 Å². The Morgan fingerprint density at radius 3 is 2.92 bits per heavy atom. The van der Waals surface area contributed by atoms with E-state index >= 15 is 0 Å². The van der Waals surface area contributed by atoms with Gasteiger partial charge in [-0.15, -0.1) is 0 Å². The second-order valence-electron chi connectivity index (χ2n) is 5.36. The van der Waals surface area contributed by atoms with E-state index in [-0.39, 0.29) is 11.6 Å². The molecular formula is C17H19N5O2. The molecular weight excluding hydrogens is 306 g/mol. The van der Waals surface area contributed by atoms with E-state index < -0.39 is 0 Å². The lowest BCUT2D eigenvalue weighted by molar-refractivity contribution is 0.0950. The number of nitrogens with two attached hydrogens (primary N) is 1. The molecule has 0 aliphatic rings. The van der Waals surface area contributed by atoms with Crippen molar-refractivity contribution in [1.29, 1.82) is 0 Å². The van der Waals surface area contributed by atoms with Crippen LogP contribution in [-0.2, 0) is 0 Å². The van der Waals surface area contributed by atoms with Crippen molar-refractivity contribution >= 4 is 22.4 Å². The van der Waals surface area contributed by atoms with Crippen LogP contribution in [-0.4, -0.2) is 34.7 Å². The minimum Gasteiger partial charge on any atom is -0.493 e. The number of aromatic amines is 1. The minimum atomic E-state index is -0.263. The average molecular weight is 325 g/mol. The number of rotatable bonds is 5. The molecule has 0 bridgehead atoms. The highest BCUT2D eigenvalue weighted by molar-refractivity contribution is 6.09. The predicted molar refractivity (Wildman–Crippen MR) is 92.9 cm³/mol. The Hall–Kier alpha value is -3.09. The van der Waals surface area contributed by atoms with Crippen LogP contribution in [0.4, 0.5) is 5.69 Å². The summed E-state index contributed by atoms with van der Waals surface area (Å²) in [6, 6.07) is 5.67. The molecule has 0 saturated heterocycles. The Morgan fingerprint density at radius 2 is 2.17 bits per heavy atom. The number of hydrogen-bond acceptors (Lipinski definition) is 5. The van der Waals surface area contributed by atoms with Crippen LogP contribution in [0.15, 0.2) is 30.6 Å². The summed E-state index contributed by atoms with van der Waals surface area (Å²) in [6.45, 7) is 2.57. The monoisotopic (exact) mass is 325 g/mol. The first kappa shape index (κ1) is 15.8. The number of ether oxygens (including phenoxy) is 1. The van der Waals surface area contributed by atoms with Crippen molar-refractivity contribution in [1.82, 2.24) is 20.5 Å². The van der Waals surface area contributed by atoms with Gasteiger partial charge in [-0.3, -0.25) is 9.89 Å². The summed E-state index contributed by atoms with van der Waals surface area (Å²) in [4.78, 5) is 16.5. The summed E-state index contributed by atoms with van der Waals surface area (Å²) in [7, 11) is 1.59. The number of nitrogen functional groups attached to an aromatic ring is 1. The highest BCUT2D eigenvalue weighted by Gasteiger charge is 2.17. The summed E-state index contributed by atoms with van der Waals surface area (Å²) >= 11 is 0. The predicted octanol–water partition coefficient (Wildman–Crippen LogP) is 2.36. The molecule has 3 aromatic rings. The molecule has 0 aliphatic carbocycles. The fourth-order valence-electron chi connectivity index (χ4n) is 2.61. The molecule has 24 heavy (non-hydrogen) atoms. The third kappa shape index (κ3) is 2.64. The molecule has 2 heterocycles. The topological polar surface area (TPSA) is 106 Å². The summed E-state index contributed by atoms with van der Waals surface area (Å²) < 4.78 is 5.32. The minimum absolute atomic E-state index is 0.240. The smallest absolute Gasteiger partial charge is 0.272 e. The molecule has 0 fully saturated rings. The number of amides is 1. The van der Waals surface area contributed by atoms with Crippen LogP contribution in [0.25, 0.3) is 22.0 Å². The summed E-state index contributed by atoms with van der Waals surface area (Å²) in [5, 5.41) is 11.3. The maximum atomic E-state index is 12.2. The molecule has 0 aliphatic heterocycles. The van der Waals surface area contributed by atoms with Crippen LogP contribution in [0, 0.1) is 0 Å². The van der Waals surface area contributed by atoms with Crippen LogP contribution < -0.4 is 15.8 Å². The molecule has 0 atom stereocenters. The van der Waals surface area contributed by atoms with Gasteiger partial charge < -0.3 is 15.8 Å². The number of benzene rings is 1. The number of carbonyl (C=O) groups is 1. The Kier molecular flexibility index (Phi) is 4.33. The molecule has 7 nitrogen and oxygen atoms in total. The largest absolute Gasteiger partial charge is 0.493 e. The lowest BCUT2D eigenvalue weighted by atomic mass is 10.0. The second kappa shape index (κ2) is 6.57. The Morgan fingerprint density at radius 1 is 1.33 bits per heavy atom. The summed E-state index contributed by atoms with van der Waals surface area (Å²) in [5.41, 5.74) is 8.41. The lowest BCUT2D eigenvalue weighted by Crippen LogP contribution is -2.26. The van der Waals surface area contributed by atoms with Crippen molar-refractivity contribution in [2.24, 2.45) is 0 Å². The van der Waals surface area contributed by atoms with Gasteiger partial charge in [-0.1, -0.05) is 25.1 Å². The van der Waals surface area contributed by atoms with Gasteiger partial charge in [0.2, 0.25) is 0 Å². The Bertz CT molecular complexity index is 888. The van der Waals surface area contributed by atoms with Crippen molar-refractivity contribution in [3.63, 3.8) is 0 Å².